The van der Waals surface area contributed by atoms with Crippen LogP contribution in [0, 0.1) is 6.92 Å². The van der Waals surface area contributed by atoms with E-state index in [1.165, 1.54) is 0 Å². The van der Waals surface area contributed by atoms with Gasteiger partial charge in [0.15, 0.2) is 0 Å². The second-order valence-electron chi connectivity index (χ2n) is 3.54. The van der Waals surface area contributed by atoms with E-state index in [0.717, 1.165) is 17.1 Å². The Morgan fingerprint density at radius 2 is 2.00 bits per heavy atom. The fraction of sp³-hybridized carbons (Fsp3) is 0.167. The zero-order valence-electron chi connectivity index (χ0n) is 8.94. The Morgan fingerprint density at radius 1 is 1.12 bits per heavy atom. The zero-order valence-corrected chi connectivity index (χ0v) is 9.70. The fourth-order valence-electron chi connectivity index (χ4n) is 1.26. The summed E-state index contributed by atoms with van der Waals surface area (Å²) in [5.41, 5.74) is 2.15. The smallest absolute Gasteiger partial charge is 0.126 e. The number of aromatic nitrogens is 2. The van der Waals surface area contributed by atoms with Gasteiger partial charge in [-0.05, 0) is 30.7 Å². The van der Waals surface area contributed by atoms with Gasteiger partial charge >= 0.3 is 0 Å². The normalized spacial score (nSPS) is 10.1. The van der Waals surface area contributed by atoms with E-state index >= 15 is 0 Å². The Labute approximate surface area is 99.5 Å². The number of nitrogens with zero attached hydrogens (tertiary/aromatic N) is 2. The van der Waals surface area contributed by atoms with Crippen LogP contribution in [0.1, 0.15) is 11.3 Å². The van der Waals surface area contributed by atoms with Crippen molar-refractivity contribution in [3.63, 3.8) is 0 Å². The van der Waals surface area contributed by atoms with E-state index < -0.39 is 0 Å². The molecule has 0 unspecified atom stereocenters. The molecule has 0 aromatic carbocycles. The second-order valence-corrected chi connectivity index (χ2v) is 3.98. The van der Waals surface area contributed by atoms with Crippen molar-refractivity contribution in [1.82, 2.24) is 9.97 Å². The highest BCUT2D eigenvalue weighted by Crippen LogP contribution is 2.10. The van der Waals surface area contributed by atoms with Crippen molar-refractivity contribution in [2.24, 2.45) is 0 Å². The van der Waals surface area contributed by atoms with E-state index in [9.17, 15) is 0 Å². The maximum absolute atomic E-state index is 5.74. The maximum Gasteiger partial charge on any atom is 0.126 e. The van der Waals surface area contributed by atoms with Crippen LogP contribution in [0.4, 0.5) is 5.82 Å². The molecule has 0 atom stereocenters. The lowest BCUT2D eigenvalue weighted by molar-refractivity contribution is 1.02. The summed E-state index contributed by atoms with van der Waals surface area (Å²) in [4.78, 5) is 8.43. The first-order chi connectivity index (χ1) is 7.74. The van der Waals surface area contributed by atoms with E-state index in [0.29, 0.717) is 11.6 Å². The summed E-state index contributed by atoms with van der Waals surface area (Å²) in [7, 11) is 0. The Bertz CT molecular complexity index is 405. The number of anilines is 1. The van der Waals surface area contributed by atoms with Gasteiger partial charge < -0.3 is 5.32 Å². The van der Waals surface area contributed by atoms with E-state index in [1.807, 2.05) is 31.3 Å². The Kier molecular flexibility index (Phi) is 3.37. The quantitative estimate of drug-likeness (QED) is 0.886. The number of rotatable bonds is 3. The first-order valence-electron chi connectivity index (χ1n) is 5.01. The van der Waals surface area contributed by atoms with E-state index in [2.05, 4.69) is 15.3 Å². The Hall–Kier alpha value is -1.61. The van der Waals surface area contributed by atoms with Gasteiger partial charge in [0, 0.05) is 12.4 Å². The summed E-state index contributed by atoms with van der Waals surface area (Å²) in [6, 6.07) is 7.69. The number of aryl methyl sites for hydroxylation is 1. The molecule has 2 aromatic heterocycles. The topological polar surface area (TPSA) is 37.8 Å². The predicted molar refractivity (Wildman–Crippen MR) is 65.5 cm³/mol. The molecule has 1 N–H and O–H groups in total. The van der Waals surface area contributed by atoms with Crippen molar-refractivity contribution in [2.75, 3.05) is 5.32 Å². The molecule has 2 heterocycles. The number of nitrogens with one attached hydrogen (secondary N) is 1. The van der Waals surface area contributed by atoms with Crippen LogP contribution in [0.5, 0.6) is 0 Å². The van der Waals surface area contributed by atoms with Crippen molar-refractivity contribution >= 4 is 17.4 Å². The summed E-state index contributed by atoms with van der Waals surface area (Å²) in [5.74, 6) is 0.798. The minimum absolute atomic E-state index is 0.638. The monoisotopic (exact) mass is 233 g/mol. The fourth-order valence-corrected chi connectivity index (χ4v) is 1.38. The molecule has 0 saturated heterocycles. The number of hydrogen-bond donors (Lipinski definition) is 1. The summed E-state index contributed by atoms with van der Waals surface area (Å²) in [5, 5.41) is 3.81. The van der Waals surface area contributed by atoms with Gasteiger partial charge in [-0.2, -0.15) is 0 Å². The predicted octanol–water partition coefficient (Wildman–Crippen LogP) is 3.05. The van der Waals surface area contributed by atoms with Gasteiger partial charge in [-0.25, -0.2) is 4.98 Å². The molecule has 0 aliphatic rings. The largest absolute Gasteiger partial charge is 0.364 e. The lowest BCUT2D eigenvalue weighted by Crippen LogP contribution is -2.02. The van der Waals surface area contributed by atoms with Crippen molar-refractivity contribution in [2.45, 2.75) is 13.5 Å². The van der Waals surface area contributed by atoms with Gasteiger partial charge in [0.05, 0.1) is 17.3 Å². The molecular weight excluding hydrogens is 222 g/mol. The van der Waals surface area contributed by atoms with Crippen LogP contribution >= 0.6 is 11.6 Å². The van der Waals surface area contributed by atoms with Crippen LogP contribution in [0.2, 0.25) is 5.02 Å². The Morgan fingerprint density at radius 3 is 2.62 bits per heavy atom. The van der Waals surface area contributed by atoms with Crippen molar-refractivity contribution in [3.05, 3.63) is 52.9 Å². The molecule has 0 fully saturated rings. The highest BCUT2D eigenvalue weighted by molar-refractivity contribution is 6.30. The van der Waals surface area contributed by atoms with Crippen LogP contribution in [-0.4, -0.2) is 9.97 Å². The SMILES string of the molecule is Cc1ccc(CNc2ccc(Cl)cn2)nc1. The molecule has 0 aliphatic heterocycles. The minimum atomic E-state index is 0.638. The molecule has 0 amide bonds. The lowest BCUT2D eigenvalue weighted by atomic mass is 10.3. The summed E-state index contributed by atoms with van der Waals surface area (Å²) >= 11 is 5.74. The van der Waals surface area contributed by atoms with Gasteiger partial charge in [-0.3, -0.25) is 4.98 Å². The summed E-state index contributed by atoms with van der Waals surface area (Å²) < 4.78 is 0. The molecule has 0 aliphatic carbocycles. The van der Waals surface area contributed by atoms with Gasteiger partial charge in [-0.1, -0.05) is 17.7 Å². The van der Waals surface area contributed by atoms with Crippen LogP contribution in [0.3, 0.4) is 0 Å². The summed E-state index contributed by atoms with van der Waals surface area (Å²) in [6.45, 7) is 2.68. The average molecular weight is 234 g/mol. The molecule has 0 spiro atoms. The maximum atomic E-state index is 5.74. The van der Waals surface area contributed by atoms with Crippen LogP contribution in [0.15, 0.2) is 36.7 Å². The van der Waals surface area contributed by atoms with E-state index in [-0.39, 0.29) is 0 Å². The van der Waals surface area contributed by atoms with Crippen LogP contribution in [0.25, 0.3) is 0 Å². The molecular formula is C12H12ClN3. The molecule has 2 rings (SSSR count). The molecule has 0 radical (unpaired) electrons. The summed E-state index contributed by atoms with van der Waals surface area (Å²) in [6.07, 6.45) is 3.47. The molecule has 3 nitrogen and oxygen atoms in total. The molecule has 0 bridgehead atoms. The van der Waals surface area contributed by atoms with Gasteiger partial charge in [0.2, 0.25) is 0 Å². The van der Waals surface area contributed by atoms with Crippen molar-refractivity contribution < 1.29 is 0 Å². The lowest BCUT2D eigenvalue weighted by Gasteiger charge is -2.04. The third kappa shape index (κ3) is 2.94. The molecule has 0 saturated carbocycles. The molecule has 82 valence electrons. The number of hydrogen-bond acceptors (Lipinski definition) is 3. The third-order valence-electron chi connectivity index (χ3n) is 2.15. The highest BCUT2D eigenvalue weighted by atomic mass is 35.5. The highest BCUT2D eigenvalue weighted by Gasteiger charge is 1.96. The van der Waals surface area contributed by atoms with Crippen LogP contribution in [-0.2, 0) is 6.54 Å². The van der Waals surface area contributed by atoms with E-state index in [1.54, 1.807) is 12.3 Å². The molecule has 4 heteroatoms. The molecule has 2 aromatic rings. The van der Waals surface area contributed by atoms with Crippen molar-refractivity contribution in [1.29, 1.82) is 0 Å². The van der Waals surface area contributed by atoms with Gasteiger partial charge in [0.25, 0.3) is 0 Å². The second kappa shape index (κ2) is 4.94. The zero-order chi connectivity index (χ0) is 11.4. The minimum Gasteiger partial charge on any atom is -0.364 e. The third-order valence-corrected chi connectivity index (χ3v) is 2.37. The average Bonchev–Trinajstić information content (AvgIpc) is 2.30. The van der Waals surface area contributed by atoms with Gasteiger partial charge in [0.1, 0.15) is 5.82 Å². The number of pyridine rings is 2. The van der Waals surface area contributed by atoms with E-state index in [4.69, 9.17) is 11.6 Å². The van der Waals surface area contributed by atoms with Crippen molar-refractivity contribution in [3.8, 4) is 0 Å². The van der Waals surface area contributed by atoms with Crippen LogP contribution < -0.4 is 5.32 Å². The first-order valence-corrected chi connectivity index (χ1v) is 5.39. The Balaban J connectivity index is 1.97. The first kappa shape index (κ1) is 10.9. The molecule has 16 heavy (non-hydrogen) atoms. The van der Waals surface area contributed by atoms with Gasteiger partial charge in [-0.15, -0.1) is 0 Å². The number of halogens is 1. The standard InChI is InChI=1S/C12H12ClN3/c1-9-2-4-11(14-6-9)8-16-12-5-3-10(13)7-15-12/h2-7H,8H2,1H3,(H,15,16).